The summed E-state index contributed by atoms with van der Waals surface area (Å²) in [5, 5.41) is 2.77. The SMILES string of the molecule is O=C(c1csc(Cc2ccccc2)n1)N1CCC(c2ccccc2F)C1. The molecule has 3 nitrogen and oxygen atoms in total. The first-order valence-electron chi connectivity index (χ1n) is 8.73. The van der Waals surface area contributed by atoms with Gasteiger partial charge in [-0.15, -0.1) is 11.3 Å². The third-order valence-electron chi connectivity index (χ3n) is 4.79. The normalized spacial score (nSPS) is 16.8. The highest BCUT2D eigenvalue weighted by Gasteiger charge is 2.30. The van der Waals surface area contributed by atoms with Gasteiger partial charge in [0.2, 0.25) is 0 Å². The molecule has 5 heteroatoms. The highest BCUT2D eigenvalue weighted by molar-refractivity contribution is 7.09. The van der Waals surface area contributed by atoms with Crippen molar-refractivity contribution < 1.29 is 9.18 Å². The molecule has 1 atom stereocenters. The molecule has 0 saturated carbocycles. The maximum Gasteiger partial charge on any atom is 0.273 e. The van der Waals surface area contributed by atoms with Gasteiger partial charge in [0.15, 0.2) is 0 Å². The molecule has 132 valence electrons. The quantitative estimate of drug-likeness (QED) is 0.681. The second-order valence-corrected chi connectivity index (χ2v) is 7.49. The smallest absolute Gasteiger partial charge is 0.273 e. The summed E-state index contributed by atoms with van der Waals surface area (Å²) in [6.45, 7) is 1.19. The number of benzene rings is 2. The Kier molecular flexibility index (Phi) is 4.80. The van der Waals surface area contributed by atoms with E-state index in [0.29, 0.717) is 24.3 Å². The van der Waals surface area contributed by atoms with Crippen LogP contribution >= 0.6 is 11.3 Å². The van der Waals surface area contributed by atoms with Crippen LogP contribution in [-0.4, -0.2) is 28.9 Å². The fourth-order valence-electron chi connectivity index (χ4n) is 3.43. The zero-order valence-corrected chi connectivity index (χ0v) is 15.1. The zero-order chi connectivity index (χ0) is 17.9. The lowest BCUT2D eigenvalue weighted by atomic mass is 9.98. The van der Waals surface area contributed by atoms with Crippen molar-refractivity contribution in [2.45, 2.75) is 18.8 Å². The molecule has 0 bridgehead atoms. The lowest BCUT2D eigenvalue weighted by Crippen LogP contribution is -2.28. The summed E-state index contributed by atoms with van der Waals surface area (Å²) in [6, 6.07) is 16.9. The number of thiazole rings is 1. The molecule has 3 aromatic rings. The topological polar surface area (TPSA) is 33.2 Å². The average Bonchev–Trinajstić information content (AvgIpc) is 3.32. The van der Waals surface area contributed by atoms with E-state index in [1.807, 2.05) is 35.7 Å². The standard InChI is InChI=1S/C21H19FN2OS/c22-18-9-5-4-8-17(18)16-10-11-24(13-16)21(25)19-14-26-20(23-19)12-15-6-2-1-3-7-15/h1-9,14,16H,10-13H2. The monoisotopic (exact) mass is 366 g/mol. The number of hydrogen-bond acceptors (Lipinski definition) is 3. The van der Waals surface area contributed by atoms with E-state index in [1.54, 1.807) is 11.0 Å². The van der Waals surface area contributed by atoms with E-state index >= 15 is 0 Å². The van der Waals surface area contributed by atoms with Crippen LogP contribution < -0.4 is 0 Å². The number of carbonyl (C=O) groups excluding carboxylic acids is 1. The Morgan fingerprint density at radius 2 is 1.92 bits per heavy atom. The molecule has 1 amide bonds. The van der Waals surface area contributed by atoms with Crippen molar-refractivity contribution in [2.75, 3.05) is 13.1 Å². The molecule has 1 unspecified atom stereocenters. The first-order chi connectivity index (χ1) is 12.7. The van der Waals surface area contributed by atoms with Crippen LogP contribution in [0.15, 0.2) is 60.0 Å². The number of halogens is 1. The van der Waals surface area contributed by atoms with Crippen molar-refractivity contribution in [3.05, 3.63) is 87.6 Å². The molecule has 1 aliphatic rings. The fourth-order valence-corrected chi connectivity index (χ4v) is 4.23. The van der Waals surface area contributed by atoms with E-state index in [-0.39, 0.29) is 17.6 Å². The Morgan fingerprint density at radius 1 is 1.15 bits per heavy atom. The number of aromatic nitrogens is 1. The summed E-state index contributed by atoms with van der Waals surface area (Å²) in [5.41, 5.74) is 2.38. The highest BCUT2D eigenvalue weighted by Crippen LogP contribution is 2.30. The molecule has 1 aliphatic heterocycles. The van der Waals surface area contributed by atoms with Gasteiger partial charge in [0, 0.05) is 30.8 Å². The summed E-state index contributed by atoms with van der Waals surface area (Å²) < 4.78 is 14.0. The zero-order valence-electron chi connectivity index (χ0n) is 14.3. The van der Waals surface area contributed by atoms with Crippen LogP contribution in [0.3, 0.4) is 0 Å². The minimum atomic E-state index is -0.189. The van der Waals surface area contributed by atoms with Crippen LogP contribution in [0.25, 0.3) is 0 Å². The molecule has 0 radical (unpaired) electrons. The molecular weight excluding hydrogens is 347 g/mol. The lowest BCUT2D eigenvalue weighted by Gasteiger charge is -2.15. The molecule has 0 N–H and O–H groups in total. The van der Waals surface area contributed by atoms with E-state index in [4.69, 9.17) is 0 Å². The number of amides is 1. The van der Waals surface area contributed by atoms with Crippen LogP contribution in [0.5, 0.6) is 0 Å². The van der Waals surface area contributed by atoms with Gasteiger partial charge < -0.3 is 4.90 Å². The molecular formula is C21H19FN2OS. The van der Waals surface area contributed by atoms with Crippen LogP contribution in [-0.2, 0) is 6.42 Å². The number of nitrogens with zero attached hydrogens (tertiary/aromatic N) is 2. The van der Waals surface area contributed by atoms with Crippen molar-refractivity contribution in [3.8, 4) is 0 Å². The summed E-state index contributed by atoms with van der Waals surface area (Å²) in [7, 11) is 0. The minimum Gasteiger partial charge on any atom is -0.337 e. The third-order valence-corrected chi connectivity index (χ3v) is 5.64. The van der Waals surface area contributed by atoms with Crippen molar-refractivity contribution in [1.82, 2.24) is 9.88 Å². The predicted octanol–water partition coefficient (Wildman–Crippen LogP) is 4.50. The molecule has 2 heterocycles. The van der Waals surface area contributed by atoms with Crippen molar-refractivity contribution in [1.29, 1.82) is 0 Å². The van der Waals surface area contributed by atoms with Crippen molar-refractivity contribution >= 4 is 17.2 Å². The number of rotatable bonds is 4. The molecule has 1 fully saturated rings. The van der Waals surface area contributed by atoms with Gasteiger partial charge in [-0.05, 0) is 23.6 Å². The van der Waals surface area contributed by atoms with Gasteiger partial charge in [-0.3, -0.25) is 4.79 Å². The summed E-state index contributed by atoms with van der Waals surface area (Å²) in [5.74, 6) is -0.187. The van der Waals surface area contributed by atoms with Gasteiger partial charge in [-0.25, -0.2) is 9.37 Å². The van der Waals surface area contributed by atoms with Crippen molar-refractivity contribution in [3.63, 3.8) is 0 Å². The summed E-state index contributed by atoms with van der Waals surface area (Å²) in [6.07, 6.45) is 1.52. The first kappa shape index (κ1) is 16.9. The minimum absolute atomic E-state index is 0.0561. The van der Waals surface area contributed by atoms with Gasteiger partial charge in [0.05, 0.1) is 5.01 Å². The summed E-state index contributed by atoms with van der Waals surface area (Å²) >= 11 is 1.51. The maximum atomic E-state index is 14.0. The Morgan fingerprint density at radius 3 is 2.73 bits per heavy atom. The second kappa shape index (κ2) is 7.38. The van der Waals surface area contributed by atoms with E-state index in [2.05, 4.69) is 17.1 Å². The largest absolute Gasteiger partial charge is 0.337 e. The Bertz CT molecular complexity index is 909. The molecule has 0 spiro atoms. The highest BCUT2D eigenvalue weighted by atomic mass is 32.1. The van der Waals surface area contributed by atoms with Gasteiger partial charge >= 0.3 is 0 Å². The number of hydrogen-bond donors (Lipinski definition) is 0. The number of likely N-dealkylation sites (tertiary alicyclic amines) is 1. The lowest BCUT2D eigenvalue weighted by molar-refractivity contribution is 0.0785. The number of carbonyl (C=O) groups is 1. The van der Waals surface area contributed by atoms with Crippen LogP contribution in [0, 0.1) is 5.82 Å². The van der Waals surface area contributed by atoms with Crippen LogP contribution in [0.4, 0.5) is 4.39 Å². The van der Waals surface area contributed by atoms with E-state index in [1.165, 1.54) is 23.0 Å². The van der Waals surface area contributed by atoms with E-state index in [0.717, 1.165) is 17.8 Å². The van der Waals surface area contributed by atoms with E-state index < -0.39 is 0 Å². The van der Waals surface area contributed by atoms with Crippen molar-refractivity contribution in [2.24, 2.45) is 0 Å². The molecule has 0 aliphatic carbocycles. The van der Waals surface area contributed by atoms with Crippen LogP contribution in [0.2, 0.25) is 0 Å². The second-order valence-electron chi connectivity index (χ2n) is 6.55. The average molecular weight is 366 g/mol. The molecule has 1 aromatic heterocycles. The molecule has 1 saturated heterocycles. The Labute approximate surface area is 156 Å². The van der Waals surface area contributed by atoms with Crippen LogP contribution in [0.1, 0.15) is 39.0 Å². The molecule has 2 aromatic carbocycles. The Hall–Kier alpha value is -2.53. The Balaban J connectivity index is 1.43. The van der Waals surface area contributed by atoms with Gasteiger partial charge in [-0.2, -0.15) is 0 Å². The third kappa shape index (κ3) is 3.53. The maximum absolute atomic E-state index is 14.0. The first-order valence-corrected chi connectivity index (χ1v) is 9.60. The molecule has 26 heavy (non-hydrogen) atoms. The van der Waals surface area contributed by atoms with Gasteiger partial charge in [0.1, 0.15) is 11.5 Å². The van der Waals surface area contributed by atoms with E-state index in [9.17, 15) is 9.18 Å². The summed E-state index contributed by atoms with van der Waals surface area (Å²) in [4.78, 5) is 19.1. The fraction of sp³-hybridized carbons (Fsp3) is 0.238. The van der Waals surface area contributed by atoms with Gasteiger partial charge in [0.25, 0.3) is 5.91 Å². The molecule has 4 rings (SSSR count). The predicted molar refractivity (Wildman–Crippen MR) is 101 cm³/mol. The van der Waals surface area contributed by atoms with Gasteiger partial charge in [-0.1, -0.05) is 48.5 Å².